The summed E-state index contributed by atoms with van der Waals surface area (Å²) in [4.78, 5) is 12.3. The summed E-state index contributed by atoms with van der Waals surface area (Å²) in [5.41, 5.74) is 0.631. The number of hydrogen-bond acceptors (Lipinski definition) is 3. The van der Waals surface area contributed by atoms with Gasteiger partial charge in [-0.15, -0.1) is 0 Å². The molecule has 1 aromatic rings. The zero-order chi connectivity index (χ0) is 15.1. The summed E-state index contributed by atoms with van der Waals surface area (Å²) in [6.45, 7) is 2.64. The minimum absolute atomic E-state index is 0.0662. The second-order valence-electron chi connectivity index (χ2n) is 5.77. The van der Waals surface area contributed by atoms with Crippen LogP contribution in [0, 0.1) is 0 Å². The van der Waals surface area contributed by atoms with Gasteiger partial charge < -0.3 is 15.4 Å². The predicted octanol–water partition coefficient (Wildman–Crippen LogP) is 2.74. The predicted molar refractivity (Wildman–Crippen MR) is 84.8 cm³/mol. The van der Waals surface area contributed by atoms with Crippen LogP contribution in [0.3, 0.4) is 0 Å². The number of amides is 1. The molecule has 0 aromatic heterocycles. The first-order chi connectivity index (χ1) is 10.2. The number of carbonyl (C=O) groups excluding carboxylic acids is 1. The van der Waals surface area contributed by atoms with Crippen molar-refractivity contribution in [2.45, 2.75) is 51.2 Å². The summed E-state index contributed by atoms with van der Waals surface area (Å²) >= 11 is 0. The third kappa shape index (κ3) is 4.74. The van der Waals surface area contributed by atoms with E-state index in [9.17, 15) is 4.79 Å². The second kappa shape index (κ2) is 8.03. The molecule has 0 bridgehead atoms. The summed E-state index contributed by atoms with van der Waals surface area (Å²) in [5, 5.41) is 6.05. The van der Waals surface area contributed by atoms with Gasteiger partial charge >= 0.3 is 0 Å². The molecule has 1 atom stereocenters. The van der Waals surface area contributed by atoms with Gasteiger partial charge in [-0.25, -0.2) is 0 Å². The van der Waals surface area contributed by atoms with Crippen molar-refractivity contribution < 1.29 is 9.53 Å². The Hall–Kier alpha value is -1.55. The molecule has 0 heterocycles. The van der Waals surface area contributed by atoms with Crippen LogP contribution in [0.5, 0.6) is 5.75 Å². The molecule has 1 saturated carbocycles. The Morgan fingerprint density at radius 3 is 2.71 bits per heavy atom. The molecule has 1 aromatic carbocycles. The molecule has 2 N–H and O–H groups in total. The van der Waals surface area contributed by atoms with E-state index in [0.29, 0.717) is 17.9 Å². The van der Waals surface area contributed by atoms with Gasteiger partial charge in [-0.1, -0.05) is 18.6 Å². The molecular formula is C17H26N2O2. The van der Waals surface area contributed by atoms with Crippen molar-refractivity contribution >= 4 is 5.91 Å². The Morgan fingerprint density at radius 2 is 2.00 bits per heavy atom. The van der Waals surface area contributed by atoms with Crippen LogP contribution in [0.15, 0.2) is 24.3 Å². The Morgan fingerprint density at radius 1 is 1.29 bits per heavy atom. The highest BCUT2D eigenvalue weighted by molar-refractivity contribution is 5.96. The normalized spacial score (nSPS) is 17.2. The van der Waals surface area contributed by atoms with Gasteiger partial charge in [0.2, 0.25) is 0 Å². The lowest BCUT2D eigenvalue weighted by Gasteiger charge is -2.24. The van der Waals surface area contributed by atoms with E-state index in [1.54, 1.807) is 0 Å². The highest BCUT2D eigenvalue weighted by atomic mass is 16.5. The number of para-hydroxylation sites is 1. The van der Waals surface area contributed by atoms with E-state index in [0.717, 1.165) is 12.8 Å². The molecule has 1 unspecified atom stereocenters. The first-order valence-corrected chi connectivity index (χ1v) is 7.92. The first-order valence-electron chi connectivity index (χ1n) is 7.92. The topological polar surface area (TPSA) is 50.4 Å². The summed E-state index contributed by atoms with van der Waals surface area (Å²) in [7, 11) is 1.89. The van der Waals surface area contributed by atoms with E-state index in [2.05, 4.69) is 10.6 Å². The SMILES string of the molecule is CNC(C)CNC(=O)c1ccccc1OC1CCCCC1. The quantitative estimate of drug-likeness (QED) is 0.847. The number of rotatable bonds is 6. The van der Waals surface area contributed by atoms with Gasteiger partial charge in [0.05, 0.1) is 11.7 Å². The maximum atomic E-state index is 12.3. The number of likely N-dealkylation sites (N-methyl/N-ethyl adjacent to an activating group) is 1. The van der Waals surface area contributed by atoms with Crippen LogP contribution >= 0.6 is 0 Å². The fourth-order valence-electron chi connectivity index (χ4n) is 2.56. The molecule has 1 fully saturated rings. The van der Waals surface area contributed by atoms with E-state index >= 15 is 0 Å². The minimum Gasteiger partial charge on any atom is -0.490 e. The molecule has 116 valence electrons. The fraction of sp³-hybridized carbons (Fsp3) is 0.588. The molecule has 0 aliphatic heterocycles. The van der Waals surface area contributed by atoms with Crippen molar-refractivity contribution in [3.05, 3.63) is 29.8 Å². The maximum absolute atomic E-state index is 12.3. The molecule has 1 aliphatic carbocycles. The van der Waals surface area contributed by atoms with Gasteiger partial charge in [0.1, 0.15) is 5.75 Å². The largest absolute Gasteiger partial charge is 0.490 e. The van der Waals surface area contributed by atoms with Gasteiger partial charge in [0.15, 0.2) is 0 Å². The van der Waals surface area contributed by atoms with Crippen molar-refractivity contribution in [2.75, 3.05) is 13.6 Å². The van der Waals surface area contributed by atoms with Crippen LogP contribution in [0.25, 0.3) is 0 Å². The highest BCUT2D eigenvalue weighted by Crippen LogP contribution is 2.25. The summed E-state index contributed by atoms with van der Waals surface area (Å²) < 4.78 is 6.06. The lowest BCUT2D eigenvalue weighted by atomic mass is 9.97. The van der Waals surface area contributed by atoms with Crippen molar-refractivity contribution in [1.82, 2.24) is 10.6 Å². The van der Waals surface area contributed by atoms with Crippen molar-refractivity contribution in [1.29, 1.82) is 0 Å². The summed E-state index contributed by atoms with van der Waals surface area (Å²) in [5.74, 6) is 0.641. The van der Waals surface area contributed by atoms with Crippen LogP contribution in [0.1, 0.15) is 49.4 Å². The highest BCUT2D eigenvalue weighted by Gasteiger charge is 2.18. The van der Waals surface area contributed by atoms with Gasteiger partial charge in [-0.3, -0.25) is 4.79 Å². The van der Waals surface area contributed by atoms with E-state index in [4.69, 9.17) is 4.74 Å². The zero-order valence-electron chi connectivity index (χ0n) is 13.0. The smallest absolute Gasteiger partial charge is 0.255 e. The minimum atomic E-state index is -0.0662. The average Bonchev–Trinajstić information content (AvgIpc) is 2.53. The molecule has 1 aliphatic rings. The van der Waals surface area contributed by atoms with Gasteiger partial charge in [0.25, 0.3) is 5.91 Å². The van der Waals surface area contributed by atoms with Gasteiger partial charge in [0, 0.05) is 12.6 Å². The molecule has 4 heteroatoms. The number of nitrogens with one attached hydrogen (secondary N) is 2. The Bertz CT molecular complexity index is 456. The number of benzene rings is 1. The van der Waals surface area contributed by atoms with Crippen molar-refractivity contribution in [2.24, 2.45) is 0 Å². The Balaban J connectivity index is 2.00. The second-order valence-corrected chi connectivity index (χ2v) is 5.77. The van der Waals surface area contributed by atoms with Crippen molar-refractivity contribution in [3.63, 3.8) is 0 Å². The Kier molecular flexibility index (Phi) is 6.05. The number of ether oxygens (including phenoxy) is 1. The third-order valence-electron chi connectivity index (χ3n) is 4.04. The number of carbonyl (C=O) groups is 1. The molecule has 21 heavy (non-hydrogen) atoms. The molecule has 2 rings (SSSR count). The zero-order valence-corrected chi connectivity index (χ0v) is 13.0. The Labute approximate surface area is 127 Å². The molecule has 4 nitrogen and oxygen atoms in total. The van der Waals surface area contributed by atoms with E-state index < -0.39 is 0 Å². The van der Waals surface area contributed by atoms with Crippen LogP contribution in [-0.4, -0.2) is 31.6 Å². The summed E-state index contributed by atoms with van der Waals surface area (Å²) in [6.07, 6.45) is 6.17. The third-order valence-corrected chi connectivity index (χ3v) is 4.04. The van der Waals surface area contributed by atoms with Crippen LogP contribution in [0.2, 0.25) is 0 Å². The van der Waals surface area contributed by atoms with Gasteiger partial charge in [-0.05, 0) is 51.8 Å². The van der Waals surface area contributed by atoms with E-state index in [1.165, 1.54) is 19.3 Å². The fourth-order valence-corrected chi connectivity index (χ4v) is 2.56. The molecule has 0 saturated heterocycles. The lowest BCUT2D eigenvalue weighted by Crippen LogP contribution is -2.37. The van der Waals surface area contributed by atoms with Crippen LogP contribution in [0.4, 0.5) is 0 Å². The van der Waals surface area contributed by atoms with E-state index in [-0.39, 0.29) is 18.1 Å². The maximum Gasteiger partial charge on any atom is 0.255 e. The van der Waals surface area contributed by atoms with Crippen LogP contribution < -0.4 is 15.4 Å². The number of hydrogen-bond donors (Lipinski definition) is 2. The van der Waals surface area contributed by atoms with Crippen LogP contribution in [-0.2, 0) is 0 Å². The van der Waals surface area contributed by atoms with E-state index in [1.807, 2.05) is 38.2 Å². The summed E-state index contributed by atoms with van der Waals surface area (Å²) in [6, 6.07) is 7.78. The molecular weight excluding hydrogens is 264 g/mol. The van der Waals surface area contributed by atoms with Gasteiger partial charge in [-0.2, -0.15) is 0 Å². The molecule has 1 amide bonds. The standard InChI is InChI=1S/C17H26N2O2/c1-13(18-2)12-19-17(20)15-10-6-7-11-16(15)21-14-8-4-3-5-9-14/h6-7,10-11,13-14,18H,3-5,8-9,12H2,1-2H3,(H,19,20). The first kappa shape index (κ1) is 15.8. The molecule has 0 spiro atoms. The monoisotopic (exact) mass is 290 g/mol. The average molecular weight is 290 g/mol. The van der Waals surface area contributed by atoms with Crippen molar-refractivity contribution in [3.8, 4) is 5.75 Å². The lowest BCUT2D eigenvalue weighted by molar-refractivity contribution is 0.0938. The molecule has 0 radical (unpaired) electrons.